The summed E-state index contributed by atoms with van der Waals surface area (Å²) in [6.45, 7) is 9.51. The third-order valence-corrected chi connectivity index (χ3v) is 6.59. The number of halogens is 1. The van der Waals surface area contributed by atoms with E-state index in [0.717, 1.165) is 49.3 Å². The van der Waals surface area contributed by atoms with Gasteiger partial charge in [-0.3, -0.25) is 4.79 Å². The van der Waals surface area contributed by atoms with Crippen molar-refractivity contribution in [3.8, 4) is 22.5 Å². The highest BCUT2D eigenvalue weighted by Gasteiger charge is 2.19. The third-order valence-electron chi connectivity index (χ3n) is 6.26. The van der Waals surface area contributed by atoms with Crippen molar-refractivity contribution >= 4 is 23.2 Å². The Balaban J connectivity index is 1.66. The Hall–Kier alpha value is -3.22. The topological polar surface area (TPSA) is 62.5 Å². The van der Waals surface area contributed by atoms with Crippen LogP contribution in [0, 0.1) is 0 Å². The Kier molecular flexibility index (Phi) is 8.16. The molecule has 4 aromatic rings. The van der Waals surface area contributed by atoms with Gasteiger partial charge in [0, 0.05) is 28.3 Å². The van der Waals surface area contributed by atoms with Crippen LogP contribution in [0.3, 0.4) is 0 Å². The van der Waals surface area contributed by atoms with Crippen LogP contribution in [0.2, 0.25) is 5.02 Å². The number of amides is 1. The molecule has 35 heavy (non-hydrogen) atoms. The Morgan fingerprint density at radius 3 is 2.46 bits per heavy atom. The first-order valence-electron chi connectivity index (χ1n) is 12.2. The van der Waals surface area contributed by atoms with E-state index in [9.17, 15) is 4.79 Å². The lowest BCUT2D eigenvalue weighted by atomic mass is 10.1. The molecule has 0 saturated carbocycles. The second kappa shape index (κ2) is 11.5. The van der Waals surface area contributed by atoms with Crippen molar-refractivity contribution in [1.82, 2.24) is 24.8 Å². The monoisotopic (exact) mass is 489 g/mol. The molecule has 2 heterocycles. The maximum Gasteiger partial charge on any atom is 0.270 e. The molecule has 6 nitrogen and oxygen atoms in total. The summed E-state index contributed by atoms with van der Waals surface area (Å²) in [7, 11) is 0. The van der Waals surface area contributed by atoms with Crippen molar-refractivity contribution in [2.24, 2.45) is 0 Å². The average Bonchev–Trinajstić information content (AvgIpc) is 3.31. The molecule has 2 aromatic carbocycles. The molecule has 0 saturated heterocycles. The second-order valence-corrected chi connectivity index (χ2v) is 9.12. The van der Waals surface area contributed by atoms with Crippen molar-refractivity contribution in [2.45, 2.75) is 39.7 Å². The molecule has 0 radical (unpaired) electrons. The molecule has 1 amide bonds. The van der Waals surface area contributed by atoms with Crippen molar-refractivity contribution in [1.29, 1.82) is 0 Å². The third kappa shape index (κ3) is 5.89. The van der Waals surface area contributed by atoms with Gasteiger partial charge in [0.05, 0.1) is 11.4 Å². The minimum absolute atomic E-state index is 0.0363. The Labute approximate surface area is 211 Å². The summed E-state index contributed by atoms with van der Waals surface area (Å²) in [4.78, 5) is 20.6. The highest BCUT2D eigenvalue weighted by atomic mass is 35.5. The first-order valence-corrected chi connectivity index (χ1v) is 12.6. The van der Waals surface area contributed by atoms with Gasteiger partial charge >= 0.3 is 0 Å². The maximum absolute atomic E-state index is 13.4. The van der Waals surface area contributed by atoms with E-state index in [-0.39, 0.29) is 11.9 Å². The fraction of sp³-hybridized carbons (Fsp3) is 0.321. The van der Waals surface area contributed by atoms with Crippen LogP contribution in [0.25, 0.3) is 28.2 Å². The van der Waals surface area contributed by atoms with Crippen LogP contribution < -0.4 is 5.32 Å². The van der Waals surface area contributed by atoms with Gasteiger partial charge in [0.1, 0.15) is 5.69 Å². The molecule has 0 aliphatic carbocycles. The minimum Gasteiger partial charge on any atom is -0.348 e. The average molecular weight is 490 g/mol. The molecule has 0 spiro atoms. The number of carbonyl (C=O) groups excluding carboxylic acids is 1. The number of nitrogens with zero attached hydrogens (tertiary/aromatic N) is 4. The van der Waals surface area contributed by atoms with E-state index in [1.807, 2.05) is 67.6 Å². The van der Waals surface area contributed by atoms with Gasteiger partial charge in [0.25, 0.3) is 5.91 Å². The first-order chi connectivity index (χ1) is 17.0. The lowest BCUT2D eigenvalue weighted by molar-refractivity contribution is 0.0929. The van der Waals surface area contributed by atoms with Gasteiger partial charge < -0.3 is 10.2 Å². The summed E-state index contributed by atoms with van der Waals surface area (Å²) in [5.74, 6) is -0.177. The number of hydrogen-bond acceptors (Lipinski definition) is 4. The summed E-state index contributed by atoms with van der Waals surface area (Å²) >= 11 is 6.47. The molecule has 0 aliphatic rings. The van der Waals surface area contributed by atoms with E-state index in [4.69, 9.17) is 21.7 Å². The molecule has 1 unspecified atom stereocenters. The number of fused-ring (bicyclic) bond motifs is 1. The molecule has 0 aliphatic heterocycles. The smallest absolute Gasteiger partial charge is 0.270 e. The van der Waals surface area contributed by atoms with Crippen LogP contribution in [0.5, 0.6) is 0 Å². The van der Waals surface area contributed by atoms with Crippen molar-refractivity contribution in [3.63, 3.8) is 0 Å². The minimum atomic E-state index is -0.177. The molecule has 0 bridgehead atoms. The van der Waals surface area contributed by atoms with E-state index < -0.39 is 0 Å². The molecular formula is C28H32ClN5O. The molecule has 4 rings (SSSR count). The van der Waals surface area contributed by atoms with Crippen molar-refractivity contribution < 1.29 is 4.79 Å². The number of aromatic nitrogens is 3. The predicted octanol–water partition coefficient (Wildman–Crippen LogP) is 5.96. The summed E-state index contributed by atoms with van der Waals surface area (Å²) < 4.78 is 1.63. The normalized spacial score (nSPS) is 12.3. The van der Waals surface area contributed by atoms with Gasteiger partial charge in [-0.1, -0.05) is 74.0 Å². The lowest BCUT2D eigenvalue weighted by Crippen LogP contribution is -2.35. The van der Waals surface area contributed by atoms with Gasteiger partial charge in [0.2, 0.25) is 0 Å². The zero-order chi connectivity index (χ0) is 24.8. The van der Waals surface area contributed by atoms with Gasteiger partial charge in [-0.25, -0.2) is 9.50 Å². The molecule has 1 atom stereocenters. The predicted molar refractivity (Wildman–Crippen MR) is 143 cm³/mol. The fourth-order valence-electron chi connectivity index (χ4n) is 4.22. The number of hydrogen-bond donors (Lipinski definition) is 1. The quantitative estimate of drug-likeness (QED) is 0.298. The van der Waals surface area contributed by atoms with Crippen LogP contribution in [0.15, 0.2) is 66.7 Å². The summed E-state index contributed by atoms with van der Waals surface area (Å²) in [6.07, 6.45) is 1.93. The summed E-state index contributed by atoms with van der Waals surface area (Å²) in [5.41, 5.74) is 4.18. The maximum atomic E-state index is 13.4. The Morgan fingerprint density at radius 2 is 1.74 bits per heavy atom. The summed E-state index contributed by atoms with van der Waals surface area (Å²) in [6, 6.07) is 21.1. The number of carbonyl (C=O) groups is 1. The summed E-state index contributed by atoms with van der Waals surface area (Å²) in [5, 5.41) is 8.48. The van der Waals surface area contributed by atoms with E-state index in [0.29, 0.717) is 22.1 Å². The Bertz CT molecular complexity index is 1280. The van der Waals surface area contributed by atoms with Crippen LogP contribution in [-0.4, -0.2) is 51.1 Å². The van der Waals surface area contributed by atoms with Crippen LogP contribution >= 0.6 is 11.6 Å². The molecule has 182 valence electrons. The standard InChI is InChI=1S/C28H32ClN5O/c1-4-33(5-2)17-11-12-20(3)30-28(35)26-18-25(22-15-9-10-16-23(22)29)31-27-19-24(32-34(26)27)21-13-7-6-8-14-21/h6-10,13-16,18-20H,4-5,11-12,17H2,1-3H3,(H,30,35). The van der Waals surface area contributed by atoms with Gasteiger partial charge in [0.15, 0.2) is 5.65 Å². The van der Waals surface area contributed by atoms with Crippen molar-refractivity contribution in [3.05, 3.63) is 77.4 Å². The van der Waals surface area contributed by atoms with Gasteiger partial charge in [-0.2, -0.15) is 5.10 Å². The van der Waals surface area contributed by atoms with Gasteiger partial charge in [-0.05, 0) is 51.5 Å². The van der Waals surface area contributed by atoms with E-state index in [1.54, 1.807) is 10.6 Å². The van der Waals surface area contributed by atoms with E-state index in [2.05, 4.69) is 24.1 Å². The highest BCUT2D eigenvalue weighted by Crippen LogP contribution is 2.28. The molecule has 2 aromatic heterocycles. The SMILES string of the molecule is CCN(CC)CCCC(C)NC(=O)c1cc(-c2ccccc2Cl)nc2cc(-c3ccccc3)nn12. The first kappa shape index (κ1) is 24.9. The van der Waals surface area contributed by atoms with Gasteiger partial charge in [-0.15, -0.1) is 0 Å². The van der Waals surface area contributed by atoms with Crippen LogP contribution in [-0.2, 0) is 0 Å². The van der Waals surface area contributed by atoms with E-state index >= 15 is 0 Å². The largest absolute Gasteiger partial charge is 0.348 e. The van der Waals surface area contributed by atoms with E-state index in [1.165, 1.54) is 0 Å². The second-order valence-electron chi connectivity index (χ2n) is 8.72. The lowest BCUT2D eigenvalue weighted by Gasteiger charge is -2.20. The number of benzene rings is 2. The molecular weight excluding hydrogens is 458 g/mol. The zero-order valence-corrected chi connectivity index (χ0v) is 21.3. The molecule has 1 N–H and O–H groups in total. The Morgan fingerprint density at radius 1 is 1.03 bits per heavy atom. The number of nitrogens with one attached hydrogen (secondary N) is 1. The fourth-order valence-corrected chi connectivity index (χ4v) is 4.46. The van der Waals surface area contributed by atoms with Crippen LogP contribution in [0.1, 0.15) is 44.1 Å². The highest BCUT2D eigenvalue weighted by molar-refractivity contribution is 6.33. The zero-order valence-electron chi connectivity index (χ0n) is 20.5. The number of rotatable bonds is 10. The molecule has 7 heteroatoms. The van der Waals surface area contributed by atoms with Crippen LogP contribution in [0.4, 0.5) is 0 Å². The molecule has 0 fully saturated rings. The van der Waals surface area contributed by atoms with Crippen molar-refractivity contribution in [2.75, 3.05) is 19.6 Å².